The van der Waals surface area contributed by atoms with Crippen molar-refractivity contribution in [3.05, 3.63) is 34.5 Å². The predicted molar refractivity (Wildman–Crippen MR) is 61.6 cm³/mol. The molecule has 14 heavy (non-hydrogen) atoms. The summed E-state index contributed by atoms with van der Waals surface area (Å²) in [5, 5.41) is 2.17. The third kappa shape index (κ3) is 1.63. The number of thiophene rings is 1. The van der Waals surface area contributed by atoms with Gasteiger partial charge < -0.3 is 5.73 Å². The molecule has 2 heterocycles. The van der Waals surface area contributed by atoms with Crippen LogP contribution in [0.1, 0.15) is 16.5 Å². The largest absolute Gasteiger partial charge is 0.329 e. The maximum Gasteiger partial charge on any atom is 0.0484 e. The summed E-state index contributed by atoms with van der Waals surface area (Å²) in [6.07, 6.45) is 3.12. The molecular formula is C11H16N2S. The van der Waals surface area contributed by atoms with Crippen molar-refractivity contribution >= 4 is 11.3 Å². The van der Waals surface area contributed by atoms with E-state index in [1.807, 2.05) is 17.4 Å². The zero-order valence-corrected chi connectivity index (χ0v) is 9.09. The van der Waals surface area contributed by atoms with E-state index in [1.54, 1.807) is 0 Å². The average Bonchev–Trinajstić information content (AvgIpc) is 2.66. The molecular weight excluding hydrogens is 192 g/mol. The molecule has 0 aliphatic carbocycles. The molecule has 0 saturated carbocycles. The van der Waals surface area contributed by atoms with E-state index in [-0.39, 0.29) is 0 Å². The Hall–Kier alpha value is -0.640. The van der Waals surface area contributed by atoms with E-state index in [1.165, 1.54) is 10.4 Å². The van der Waals surface area contributed by atoms with Gasteiger partial charge in [-0.25, -0.2) is 0 Å². The van der Waals surface area contributed by atoms with Crippen LogP contribution in [0.4, 0.5) is 0 Å². The monoisotopic (exact) mass is 208 g/mol. The van der Waals surface area contributed by atoms with E-state index in [2.05, 4.69) is 22.9 Å². The van der Waals surface area contributed by atoms with E-state index >= 15 is 0 Å². The highest BCUT2D eigenvalue weighted by Gasteiger charge is 2.25. The van der Waals surface area contributed by atoms with Crippen LogP contribution in [-0.4, -0.2) is 24.5 Å². The minimum atomic E-state index is 0.406. The fourth-order valence-electron chi connectivity index (χ4n) is 2.11. The summed E-state index contributed by atoms with van der Waals surface area (Å²) < 4.78 is 0. The first kappa shape index (κ1) is 9.90. The third-order valence-corrected chi connectivity index (χ3v) is 3.79. The second-order valence-electron chi connectivity index (χ2n) is 3.58. The standard InChI is InChI=1S/C11H16N2S/c1-2-5-13-6-3-11-9(4-7-14-11)10(13)8-12/h2,4,7,10H,1,3,5-6,8,12H2. The SMILES string of the molecule is C=CCN1CCc2sccc2C1CN. The van der Waals surface area contributed by atoms with Crippen LogP contribution in [0.5, 0.6) is 0 Å². The maximum atomic E-state index is 5.83. The van der Waals surface area contributed by atoms with Gasteiger partial charge in [-0.15, -0.1) is 17.9 Å². The normalized spacial score (nSPS) is 21.9. The summed E-state index contributed by atoms with van der Waals surface area (Å²) in [6.45, 7) is 6.55. The van der Waals surface area contributed by atoms with Crippen molar-refractivity contribution in [3.8, 4) is 0 Å². The quantitative estimate of drug-likeness (QED) is 0.767. The Kier molecular flexibility index (Phi) is 3.01. The fourth-order valence-corrected chi connectivity index (χ4v) is 3.04. The molecule has 1 aromatic rings. The molecule has 1 aliphatic heterocycles. The van der Waals surface area contributed by atoms with Gasteiger partial charge in [-0.2, -0.15) is 0 Å². The van der Waals surface area contributed by atoms with Crippen molar-refractivity contribution in [2.45, 2.75) is 12.5 Å². The molecule has 1 unspecified atom stereocenters. The molecule has 0 fully saturated rings. The van der Waals surface area contributed by atoms with Gasteiger partial charge in [-0.3, -0.25) is 4.90 Å². The van der Waals surface area contributed by atoms with Crippen LogP contribution in [0, 0.1) is 0 Å². The van der Waals surface area contributed by atoms with Crippen molar-refractivity contribution in [1.29, 1.82) is 0 Å². The molecule has 0 amide bonds. The lowest BCUT2D eigenvalue weighted by Crippen LogP contribution is -2.38. The first-order chi connectivity index (χ1) is 6.86. The lowest BCUT2D eigenvalue weighted by Gasteiger charge is -2.34. The van der Waals surface area contributed by atoms with Gasteiger partial charge >= 0.3 is 0 Å². The Morgan fingerprint density at radius 1 is 1.71 bits per heavy atom. The molecule has 0 saturated heterocycles. The van der Waals surface area contributed by atoms with Crippen molar-refractivity contribution in [1.82, 2.24) is 4.90 Å². The lowest BCUT2D eigenvalue weighted by molar-refractivity contribution is 0.213. The highest BCUT2D eigenvalue weighted by Crippen LogP contribution is 2.32. The molecule has 2 nitrogen and oxygen atoms in total. The number of rotatable bonds is 3. The molecule has 0 radical (unpaired) electrons. The number of fused-ring (bicyclic) bond motifs is 1. The molecule has 76 valence electrons. The summed E-state index contributed by atoms with van der Waals surface area (Å²) >= 11 is 1.86. The smallest absolute Gasteiger partial charge is 0.0484 e. The fraction of sp³-hybridized carbons (Fsp3) is 0.455. The third-order valence-electron chi connectivity index (χ3n) is 2.79. The minimum Gasteiger partial charge on any atom is -0.329 e. The van der Waals surface area contributed by atoms with Gasteiger partial charge in [0.25, 0.3) is 0 Å². The summed E-state index contributed by atoms with van der Waals surface area (Å²) in [7, 11) is 0. The molecule has 0 bridgehead atoms. The van der Waals surface area contributed by atoms with Crippen LogP contribution in [-0.2, 0) is 6.42 Å². The molecule has 1 atom stereocenters. The van der Waals surface area contributed by atoms with E-state index in [0.29, 0.717) is 12.6 Å². The van der Waals surface area contributed by atoms with Gasteiger partial charge in [0, 0.05) is 30.6 Å². The second-order valence-corrected chi connectivity index (χ2v) is 4.58. The zero-order valence-electron chi connectivity index (χ0n) is 8.28. The molecule has 1 aliphatic rings. The molecule has 0 spiro atoms. The molecule has 3 heteroatoms. The number of hydrogen-bond donors (Lipinski definition) is 1. The zero-order chi connectivity index (χ0) is 9.97. The minimum absolute atomic E-state index is 0.406. The Labute approximate surface area is 89.0 Å². The van der Waals surface area contributed by atoms with Crippen molar-refractivity contribution in [2.75, 3.05) is 19.6 Å². The predicted octanol–water partition coefficient (Wildman–Crippen LogP) is 1.79. The first-order valence-corrected chi connectivity index (χ1v) is 5.86. The summed E-state index contributed by atoms with van der Waals surface area (Å²) in [5.41, 5.74) is 7.26. The Balaban J connectivity index is 2.24. The Morgan fingerprint density at radius 3 is 3.29 bits per heavy atom. The highest BCUT2D eigenvalue weighted by atomic mass is 32.1. The Bertz CT molecular complexity index is 319. The Morgan fingerprint density at radius 2 is 2.57 bits per heavy atom. The summed E-state index contributed by atoms with van der Waals surface area (Å²) in [6, 6.07) is 2.62. The van der Waals surface area contributed by atoms with Gasteiger partial charge in [0.15, 0.2) is 0 Å². The van der Waals surface area contributed by atoms with Crippen LogP contribution in [0.25, 0.3) is 0 Å². The van der Waals surface area contributed by atoms with Gasteiger partial charge in [0.05, 0.1) is 0 Å². The molecule has 2 rings (SSSR count). The maximum absolute atomic E-state index is 5.83. The van der Waals surface area contributed by atoms with Crippen molar-refractivity contribution in [3.63, 3.8) is 0 Å². The van der Waals surface area contributed by atoms with Crippen LogP contribution in [0.3, 0.4) is 0 Å². The van der Waals surface area contributed by atoms with Gasteiger partial charge in [-0.05, 0) is 23.4 Å². The van der Waals surface area contributed by atoms with E-state index < -0.39 is 0 Å². The molecule has 2 N–H and O–H groups in total. The lowest BCUT2D eigenvalue weighted by atomic mass is 10.0. The van der Waals surface area contributed by atoms with Crippen LogP contribution in [0.15, 0.2) is 24.1 Å². The van der Waals surface area contributed by atoms with Crippen LogP contribution >= 0.6 is 11.3 Å². The van der Waals surface area contributed by atoms with Crippen LogP contribution < -0.4 is 5.73 Å². The second kappa shape index (κ2) is 4.26. The highest BCUT2D eigenvalue weighted by molar-refractivity contribution is 7.10. The van der Waals surface area contributed by atoms with E-state index in [9.17, 15) is 0 Å². The number of hydrogen-bond acceptors (Lipinski definition) is 3. The number of nitrogens with two attached hydrogens (primary N) is 1. The summed E-state index contributed by atoms with van der Waals surface area (Å²) in [5.74, 6) is 0. The van der Waals surface area contributed by atoms with Crippen LogP contribution in [0.2, 0.25) is 0 Å². The first-order valence-electron chi connectivity index (χ1n) is 4.98. The van der Waals surface area contributed by atoms with Crippen molar-refractivity contribution in [2.24, 2.45) is 5.73 Å². The number of nitrogens with zero attached hydrogens (tertiary/aromatic N) is 1. The van der Waals surface area contributed by atoms with Gasteiger partial charge in [0.1, 0.15) is 0 Å². The van der Waals surface area contributed by atoms with E-state index in [0.717, 1.165) is 19.5 Å². The van der Waals surface area contributed by atoms with E-state index in [4.69, 9.17) is 5.73 Å². The summed E-state index contributed by atoms with van der Waals surface area (Å²) in [4.78, 5) is 3.92. The average molecular weight is 208 g/mol. The van der Waals surface area contributed by atoms with Gasteiger partial charge in [-0.1, -0.05) is 6.08 Å². The molecule has 0 aromatic carbocycles. The topological polar surface area (TPSA) is 29.3 Å². The van der Waals surface area contributed by atoms with Crippen molar-refractivity contribution < 1.29 is 0 Å². The molecule has 1 aromatic heterocycles. The van der Waals surface area contributed by atoms with Gasteiger partial charge in [0.2, 0.25) is 0 Å².